The Morgan fingerprint density at radius 2 is 1.72 bits per heavy atom. The molecule has 4 atom stereocenters. The summed E-state index contributed by atoms with van der Waals surface area (Å²) in [6.45, 7) is 2.92. The standard InChI is InChI=1S/C19H28N2O7S/c1-3-20(13-8-9-29(26,27)11-13)16(22)10-28-19(25)12(2)21-17(23)14-6-4-5-7-15(14)18(21)24/h12-15H,3-11H2,1-2H3. The van der Waals surface area contributed by atoms with Crippen molar-refractivity contribution in [1.82, 2.24) is 9.80 Å². The Bertz CT molecular complexity index is 785. The molecule has 10 heteroatoms. The number of likely N-dealkylation sites (tertiary alicyclic amines) is 1. The van der Waals surface area contributed by atoms with Crippen LogP contribution in [0.5, 0.6) is 0 Å². The van der Waals surface area contributed by atoms with Gasteiger partial charge in [-0.2, -0.15) is 0 Å². The Morgan fingerprint density at radius 3 is 2.21 bits per heavy atom. The number of sulfone groups is 1. The Kier molecular flexibility index (Phi) is 6.30. The molecule has 2 aliphatic heterocycles. The number of nitrogens with zero attached hydrogens (tertiary/aromatic N) is 2. The van der Waals surface area contributed by atoms with Crippen molar-refractivity contribution in [3.05, 3.63) is 0 Å². The van der Waals surface area contributed by atoms with Crippen LogP contribution in [0, 0.1) is 11.8 Å². The highest BCUT2D eigenvalue weighted by molar-refractivity contribution is 7.91. The molecule has 3 aliphatic rings. The SMILES string of the molecule is CCN(C(=O)COC(=O)C(C)N1C(=O)C2CCCCC2C1=O)C1CCS(=O)(=O)C1. The molecule has 0 spiro atoms. The Balaban J connectivity index is 1.57. The van der Waals surface area contributed by atoms with Crippen molar-refractivity contribution in [1.29, 1.82) is 0 Å². The van der Waals surface area contributed by atoms with Crippen molar-refractivity contribution in [3.8, 4) is 0 Å². The maximum absolute atomic E-state index is 12.6. The molecule has 3 fully saturated rings. The molecule has 2 saturated heterocycles. The number of esters is 1. The topological polar surface area (TPSA) is 118 Å². The molecule has 4 unspecified atom stereocenters. The van der Waals surface area contributed by atoms with Crippen LogP contribution in [0.3, 0.4) is 0 Å². The van der Waals surface area contributed by atoms with E-state index >= 15 is 0 Å². The van der Waals surface area contributed by atoms with Crippen LogP contribution < -0.4 is 0 Å². The van der Waals surface area contributed by atoms with E-state index in [1.54, 1.807) is 6.92 Å². The molecule has 2 heterocycles. The van der Waals surface area contributed by atoms with Crippen molar-refractivity contribution < 1.29 is 32.3 Å². The summed E-state index contributed by atoms with van der Waals surface area (Å²) in [5, 5.41) is 0. The molecular formula is C19H28N2O7S. The van der Waals surface area contributed by atoms with Gasteiger partial charge in [0.1, 0.15) is 6.04 Å². The van der Waals surface area contributed by atoms with Crippen molar-refractivity contribution in [3.63, 3.8) is 0 Å². The molecule has 3 rings (SSSR count). The molecule has 0 aromatic heterocycles. The predicted octanol–water partition coefficient (Wildman–Crippen LogP) is 0.129. The first-order chi connectivity index (χ1) is 13.7. The monoisotopic (exact) mass is 428 g/mol. The molecule has 0 N–H and O–H groups in total. The number of carbonyl (C=O) groups excluding carboxylic acids is 4. The Hall–Kier alpha value is -1.97. The lowest BCUT2D eigenvalue weighted by atomic mass is 9.81. The highest BCUT2D eigenvalue weighted by Gasteiger charge is 2.51. The van der Waals surface area contributed by atoms with Crippen molar-refractivity contribution in [2.75, 3.05) is 24.7 Å². The minimum Gasteiger partial charge on any atom is -0.454 e. The smallest absolute Gasteiger partial charge is 0.329 e. The second kappa shape index (κ2) is 8.41. The second-order valence-corrected chi connectivity index (χ2v) is 10.3. The van der Waals surface area contributed by atoms with Crippen LogP contribution in [-0.4, -0.2) is 78.6 Å². The zero-order valence-electron chi connectivity index (χ0n) is 16.8. The van der Waals surface area contributed by atoms with Gasteiger partial charge in [-0.1, -0.05) is 12.8 Å². The molecular weight excluding hydrogens is 400 g/mol. The number of rotatable bonds is 6. The van der Waals surface area contributed by atoms with Gasteiger partial charge in [0.2, 0.25) is 11.8 Å². The summed E-state index contributed by atoms with van der Waals surface area (Å²) in [6, 6.07) is -1.51. The summed E-state index contributed by atoms with van der Waals surface area (Å²) in [5.41, 5.74) is 0. The van der Waals surface area contributed by atoms with Gasteiger partial charge in [-0.15, -0.1) is 0 Å². The van der Waals surface area contributed by atoms with E-state index in [9.17, 15) is 27.6 Å². The van der Waals surface area contributed by atoms with Crippen LogP contribution in [0.4, 0.5) is 0 Å². The Morgan fingerprint density at radius 1 is 1.14 bits per heavy atom. The molecule has 29 heavy (non-hydrogen) atoms. The van der Waals surface area contributed by atoms with Crippen LogP contribution >= 0.6 is 0 Å². The third-order valence-corrected chi connectivity index (χ3v) is 8.00. The van der Waals surface area contributed by atoms with Crippen molar-refractivity contribution in [2.24, 2.45) is 11.8 Å². The number of carbonyl (C=O) groups is 4. The fourth-order valence-corrected chi connectivity index (χ4v) is 6.40. The number of imide groups is 1. The molecule has 0 aromatic rings. The van der Waals surface area contributed by atoms with Crippen LogP contribution in [0.2, 0.25) is 0 Å². The van der Waals surface area contributed by atoms with Crippen LogP contribution in [0.15, 0.2) is 0 Å². The van der Waals surface area contributed by atoms with E-state index in [0.29, 0.717) is 25.8 Å². The number of hydrogen-bond acceptors (Lipinski definition) is 7. The minimum absolute atomic E-state index is 0.0415. The van der Waals surface area contributed by atoms with Crippen molar-refractivity contribution in [2.45, 2.75) is 58.0 Å². The van der Waals surface area contributed by atoms with E-state index in [1.807, 2.05) is 0 Å². The first-order valence-electron chi connectivity index (χ1n) is 10.2. The number of ether oxygens (including phenoxy) is 1. The van der Waals surface area contributed by atoms with Gasteiger partial charge in [0.05, 0.1) is 23.3 Å². The summed E-state index contributed by atoms with van der Waals surface area (Å²) in [6.07, 6.45) is 3.46. The van der Waals surface area contributed by atoms with Crippen LogP contribution in [-0.2, 0) is 33.8 Å². The lowest BCUT2D eigenvalue weighted by molar-refractivity contribution is -0.161. The van der Waals surface area contributed by atoms with Gasteiger partial charge in [0.25, 0.3) is 5.91 Å². The maximum atomic E-state index is 12.6. The molecule has 3 amide bonds. The van der Waals surface area contributed by atoms with E-state index in [-0.39, 0.29) is 35.2 Å². The van der Waals surface area contributed by atoms with E-state index in [2.05, 4.69) is 0 Å². The van der Waals surface area contributed by atoms with E-state index < -0.39 is 40.4 Å². The number of likely N-dealkylation sites (N-methyl/N-ethyl adjacent to an activating group) is 1. The lowest BCUT2D eigenvalue weighted by Gasteiger charge is -2.27. The number of hydrogen-bond donors (Lipinski definition) is 0. The number of amides is 3. The second-order valence-electron chi connectivity index (χ2n) is 8.06. The molecule has 1 saturated carbocycles. The molecule has 162 valence electrons. The average Bonchev–Trinajstić information content (AvgIpc) is 3.17. The van der Waals surface area contributed by atoms with Gasteiger partial charge in [-0.3, -0.25) is 19.3 Å². The van der Waals surface area contributed by atoms with Crippen LogP contribution in [0.1, 0.15) is 46.0 Å². The largest absolute Gasteiger partial charge is 0.454 e. The maximum Gasteiger partial charge on any atom is 0.329 e. The third kappa shape index (κ3) is 4.31. The summed E-state index contributed by atoms with van der Waals surface area (Å²) in [5.74, 6) is -2.71. The molecule has 0 bridgehead atoms. The fraction of sp³-hybridized carbons (Fsp3) is 0.789. The quantitative estimate of drug-likeness (QED) is 0.436. The molecule has 1 aliphatic carbocycles. The minimum atomic E-state index is -3.15. The van der Waals surface area contributed by atoms with Gasteiger partial charge < -0.3 is 9.64 Å². The normalized spacial score (nSPS) is 29.4. The first-order valence-corrected chi connectivity index (χ1v) is 12.0. The fourth-order valence-electron chi connectivity index (χ4n) is 4.67. The molecule has 9 nitrogen and oxygen atoms in total. The summed E-state index contributed by atoms with van der Waals surface area (Å²) in [4.78, 5) is 52.5. The zero-order chi connectivity index (χ0) is 21.3. The van der Waals surface area contributed by atoms with Gasteiger partial charge >= 0.3 is 5.97 Å². The highest BCUT2D eigenvalue weighted by Crippen LogP contribution is 2.38. The van der Waals surface area contributed by atoms with Crippen molar-refractivity contribution >= 4 is 33.5 Å². The van der Waals surface area contributed by atoms with Gasteiger partial charge in [0.15, 0.2) is 16.4 Å². The van der Waals surface area contributed by atoms with Gasteiger partial charge in [-0.05, 0) is 33.1 Å². The van der Waals surface area contributed by atoms with E-state index in [4.69, 9.17) is 4.74 Å². The van der Waals surface area contributed by atoms with E-state index in [1.165, 1.54) is 11.8 Å². The van der Waals surface area contributed by atoms with Gasteiger partial charge in [0, 0.05) is 12.6 Å². The summed E-state index contributed by atoms with van der Waals surface area (Å²) in [7, 11) is -3.15. The van der Waals surface area contributed by atoms with Crippen LogP contribution in [0.25, 0.3) is 0 Å². The summed E-state index contributed by atoms with van der Waals surface area (Å²) >= 11 is 0. The number of fused-ring (bicyclic) bond motifs is 1. The predicted molar refractivity (Wildman–Crippen MR) is 102 cm³/mol. The Labute approximate surface area is 170 Å². The first kappa shape index (κ1) is 21.7. The third-order valence-electron chi connectivity index (χ3n) is 6.25. The summed E-state index contributed by atoms with van der Waals surface area (Å²) < 4.78 is 28.4. The molecule has 0 aromatic carbocycles. The average molecular weight is 429 g/mol. The lowest BCUT2D eigenvalue weighted by Crippen LogP contribution is -2.46. The zero-order valence-corrected chi connectivity index (χ0v) is 17.7. The van der Waals surface area contributed by atoms with E-state index in [0.717, 1.165) is 17.7 Å². The van der Waals surface area contributed by atoms with Gasteiger partial charge in [-0.25, -0.2) is 13.2 Å². The highest BCUT2D eigenvalue weighted by atomic mass is 32.2. The molecule has 0 radical (unpaired) electrons.